The number of rotatable bonds is 5. The molecule has 2 aromatic rings. The highest BCUT2D eigenvalue weighted by molar-refractivity contribution is 5.94. The lowest BCUT2D eigenvalue weighted by Gasteiger charge is -2.35. The highest BCUT2D eigenvalue weighted by atomic mass is 16.5. The van der Waals surface area contributed by atoms with E-state index < -0.39 is 0 Å². The van der Waals surface area contributed by atoms with E-state index in [1.54, 1.807) is 9.80 Å². The molecule has 0 bridgehead atoms. The van der Waals surface area contributed by atoms with Crippen molar-refractivity contribution in [2.75, 3.05) is 32.7 Å². The third-order valence-electron chi connectivity index (χ3n) is 6.17. The van der Waals surface area contributed by atoms with Crippen molar-refractivity contribution in [1.29, 1.82) is 0 Å². The van der Waals surface area contributed by atoms with E-state index in [1.165, 1.54) is 0 Å². The summed E-state index contributed by atoms with van der Waals surface area (Å²) in [4.78, 5) is 42.7. The van der Waals surface area contributed by atoms with E-state index in [0.717, 1.165) is 29.8 Å². The minimum absolute atomic E-state index is 0.0263. The van der Waals surface area contributed by atoms with Gasteiger partial charge < -0.3 is 19.2 Å². The highest BCUT2D eigenvalue weighted by Crippen LogP contribution is 2.17. The Labute approximate surface area is 181 Å². The van der Waals surface area contributed by atoms with Crippen LogP contribution >= 0.6 is 0 Å². The zero-order valence-electron chi connectivity index (χ0n) is 18.1. The van der Waals surface area contributed by atoms with Crippen molar-refractivity contribution in [3.63, 3.8) is 0 Å². The number of carbonyl (C=O) groups excluding carboxylic acids is 3. The lowest BCUT2D eigenvalue weighted by atomic mass is 10.1. The quantitative estimate of drug-likeness (QED) is 0.732. The molecule has 0 spiro atoms. The summed E-state index contributed by atoms with van der Waals surface area (Å²) in [6.07, 6.45) is 1.82. The zero-order valence-corrected chi connectivity index (χ0v) is 18.1. The van der Waals surface area contributed by atoms with E-state index in [-0.39, 0.29) is 24.1 Å². The normalized spacial score (nSPS) is 16.8. The molecule has 3 amide bonds. The van der Waals surface area contributed by atoms with E-state index >= 15 is 0 Å². The molecule has 8 nitrogen and oxygen atoms in total. The van der Waals surface area contributed by atoms with E-state index in [0.29, 0.717) is 50.5 Å². The van der Waals surface area contributed by atoms with Gasteiger partial charge in [0, 0.05) is 56.8 Å². The zero-order chi connectivity index (χ0) is 22.0. The first-order chi connectivity index (χ1) is 14.9. The second-order valence-corrected chi connectivity index (χ2v) is 8.27. The van der Waals surface area contributed by atoms with E-state index in [4.69, 9.17) is 4.52 Å². The van der Waals surface area contributed by atoms with Gasteiger partial charge in [-0.1, -0.05) is 17.3 Å². The van der Waals surface area contributed by atoms with E-state index in [9.17, 15) is 14.4 Å². The first kappa shape index (κ1) is 21.1. The van der Waals surface area contributed by atoms with Crippen LogP contribution < -0.4 is 0 Å². The van der Waals surface area contributed by atoms with Gasteiger partial charge >= 0.3 is 0 Å². The molecule has 0 aliphatic carbocycles. The predicted molar refractivity (Wildman–Crippen MR) is 113 cm³/mol. The minimum Gasteiger partial charge on any atom is -0.361 e. The number of carbonyl (C=O) groups is 3. The molecule has 4 rings (SSSR count). The van der Waals surface area contributed by atoms with Crippen LogP contribution in [0.3, 0.4) is 0 Å². The Morgan fingerprint density at radius 2 is 1.68 bits per heavy atom. The first-order valence-corrected chi connectivity index (χ1v) is 10.8. The fourth-order valence-electron chi connectivity index (χ4n) is 4.20. The summed E-state index contributed by atoms with van der Waals surface area (Å²) in [6, 6.07) is 7.49. The van der Waals surface area contributed by atoms with Gasteiger partial charge in [-0.15, -0.1) is 0 Å². The Bertz CT molecular complexity index is 954. The maximum atomic E-state index is 12.9. The maximum absolute atomic E-state index is 12.9. The van der Waals surface area contributed by atoms with Crippen molar-refractivity contribution in [3.8, 4) is 0 Å². The van der Waals surface area contributed by atoms with Crippen molar-refractivity contribution >= 4 is 17.7 Å². The van der Waals surface area contributed by atoms with Crippen LogP contribution in [0.5, 0.6) is 0 Å². The Balaban J connectivity index is 1.29. The molecular formula is C23H28N4O4. The van der Waals surface area contributed by atoms with Crippen LogP contribution in [0, 0.1) is 13.8 Å². The number of likely N-dealkylation sites (tertiary alicyclic amines) is 1. The molecule has 2 saturated heterocycles. The van der Waals surface area contributed by atoms with Gasteiger partial charge in [-0.3, -0.25) is 14.4 Å². The molecule has 0 radical (unpaired) electrons. The van der Waals surface area contributed by atoms with Crippen molar-refractivity contribution in [1.82, 2.24) is 19.9 Å². The Hall–Kier alpha value is -3.16. The number of benzene rings is 1. The van der Waals surface area contributed by atoms with Gasteiger partial charge in [0.2, 0.25) is 11.8 Å². The van der Waals surface area contributed by atoms with Crippen molar-refractivity contribution in [2.45, 2.75) is 39.7 Å². The fraction of sp³-hybridized carbons (Fsp3) is 0.478. The topological polar surface area (TPSA) is 87.0 Å². The fourth-order valence-corrected chi connectivity index (χ4v) is 4.20. The van der Waals surface area contributed by atoms with Crippen LogP contribution in [0.1, 0.15) is 45.8 Å². The van der Waals surface area contributed by atoms with Crippen molar-refractivity contribution in [3.05, 3.63) is 52.4 Å². The van der Waals surface area contributed by atoms with Crippen LogP contribution in [-0.4, -0.2) is 70.3 Å². The van der Waals surface area contributed by atoms with Gasteiger partial charge in [-0.05, 0) is 38.0 Å². The van der Waals surface area contributed by atoms with Gasteiger partial charge in [0.1, 0.15) is 5.76 Å². The summed E-state index contributed by atoms with van der Waals surface area (Å²) in [7, 11) is 0. The van der Waals surface area contributed by atoms with Crippen LogP contribution in [-0.2, 0) is 22.6 Å². The minimum atomic E-state index is -0.0263. The molecule has 0 unspecified atom stereocenters. The Morgan fingerprint density at radius 3 is 2.26 bits per heavy atom. The van der Waals surface area contributed by atoms with Crippen LogP contribution in [0.15, 0.2) is 28.8 Å². The van der Waals surface area contributed by atoms with Gasteiger partial charge in [0.05, 0.1) is 12.1 Å². The van der Waals surface area contributed by atoms with Gasteiger partial charge in [-0.25, -0.2) is 0 Å². The number of hydrogen-bond acceptors (Lipinski definition) is 5. The summed E-state index contributed by atoms with van der Waals surface area (Å²) in [5.41, 5.74) is 3.25. The molecule has 1 aromatic heterocycles. The summed E-state index contributed by atoms with van der Waals surface area (Å²) >= 11 is 0. The van der Waals surface area contributed by atoms with E-state index in [1.807, 2.05) is 43.0 Å². The third kappa shape index (κ3) is 4.62. The second-order valence-electron chi connectivity index (χ2n) is 8.27. The molecular weight excluding hydrogens is 396 g/mol. The summed E-state index contributed by atoms with van der Waals surface area (Å²) in [5, 5.41) is 3.90. The largest absolute Gasteiger partial charge is 0.361 e. The van der Waals surface area contributed by atoms with Crippen LogP contribution in [0.2, 0.25) is 0 Å². The van der Waals surface area contributed by atoms with Gasteiger partial charge in [0.15, 0.2) is 0 Å². The summed E-state index contributed by atoms with van der Waals surface area (Å²) in [6.45, 7) is 7.11. The van der Waals surface area contributed by atoms with E-state index in [2.05, 4.69) is 5.16 Å². The van der Waals surface area contributed by atoms with Crippen molar-refractivity contribution < 1.29 is 18.9 Å². The summed E-state index contributed by atoms with van der Waals surface area (Å²) in [5.74, 6) is 0.878. The molecule has 0 atom stereocenters. The molecule has 164 valence electrons. The molecule has 8 heteroatoms. The standard InChI is InChI=1S/C23H28N4O4/c1-16-20(17(2)31-24-16)14-22(29)25-10-12-26(13-11-25)23(30)19-7-5-18(6-8-19)15-27-9-3-4-21(27)28/h5-8H,3-4,9-15H2,1-2H3. The first-order valence-electron chi connectivity index (χ1n) is 10.8. The monoisotopic (exact) mass is 424 g/mol. The lowest BCUT2D eigenvalue weighted by molar-refractivity contribution is -0.132. The molecule has 2 aliphatic heterocycles. The highest BCUT2D eigenvalue weighted by Gasteiger charge is 2.26. The van der Waals surface area contributed by atoms with Crippen LogP contribution in [0.4, 0.5) is 0 Å². The average molecular weight is 425 g/mol. The smallest absolute Gasteiger partial charge is 0.253 e. The predicted octanol–water partition coefficient (Wildman–Crippen LogP) is 1.94. The number of piperazine rings is 1. The molecule has 2 aliphatic rings. The van der Waals surface area contributed by atoms with Gasteiger partial charge in [0.25, 0.3) is 5.91 Å². The molecule has 1 aromatic carbocycles. The maximum Gasteiger partial charge on any atom is 0.253 e. The molecule has 0 saturated carbocycles. The average Bonchev–Trinajstić information content (AvgIpc) is 3.33. The number of hydrogen-bond donors (Lipinski definition) is 0. The van der Waals surface area contributed by atoms with Crippen LogP contribution in [0.25, 0.3) is 0 Å². The Kier molecular flexibility index (Phi) is 6.06. The summed E-state index contributed by atoms with van der Waals surface area (Å²) < 4.78 is 5.14. The third-order valence-corrected chi connectivity index (χ3v) is 6.17. The van der Waals surface area contributed by atoms with Crippen molar-refractivity contribution in [2.24, 2.45) is 0 Å². The number of aryl methyl sites for hydroxylation is 2. The number of nitrogens with zero attached hydrogens (tertiary/aromatic N) is 4. The SMILES string of the molecule is Cc1noc(C)c1CC(=O)N1CCN(C(=O)c2ccc(CN3CCCC3=O)cc2)CC1. The molecule has 2 fully saturated rings. The molecule has 31 heavy (non-hydrogen) atoms. The number of amides is 3. The Morgan fingerprint density at radius 1 is 1.00 bits per heavy atom. The lowest BCUT2D eigenvalue weighted by Crippen LogP contribution is -2.51. The van der Waals surface area contributed by atoms with Gasteiger partial charge in [-0.2, -0.15) is 0 Å². The number of aromatic nitrogens is 1. The molecule has 0 N–H and O–H groups in total. The molecule has 3 heterocycles. The second kappa shape index (κ2) is 8.91.